The zero-order valence-corrected chi connectivity index (χ0v) is 11.9. The molecule has 2 rings (SSSR count). The van der Waals surface area contributed by atoms with Crippen LogP contribution >= 0.6 is 0 Å². The minimum absolute atomic E-state index is 1.10. The van der Waals surface area contributed by atoms with Gasteiger partial charge in [0.25, 0.3) is 0 Å². The summed E-state index contributed by atoms with van der Waals surface area (Å²) in [6.07, 6.45) is 7.69. The lowest BCUT2D eigenvalue weighted by Gasteiger charge is -2.05. The second-order valence-electron chi connectivity index (χ2n) is 4.86. The van der Waals surface area contributed by atoms with Gasteiger partial charge in [-0.3, -0.25) is 0 Å². The van der Waals surface area contributed by atoms with Crippen molar-refractivity contribution in [2.24, 2.45) is 0 Å². The fourth-order valence-corrected chi connectivity index (χ4v) is 2.21. The van der Waals surface area contributed by atoms with Gasteiger partial charge in [-0.15, -0.1) is 0 Å². The van der Waals surface area contributed by atoms with Crippen molar-refractivity contribution in [3.05, 3.63) is 71.8 Å². The number of hydrogen-bond acceptors (Lipinski definition) is 0. The average Bonchev–Trinajstić information content (AvgIpc) is 2.48. The van der Waals surface area contributed by atoms with Gasteiger partial charge < -0.3 is 0 Å². The summed E-state index contributed by atoms with van der Waals surface area (Å²) >= 11 is 0. The number of rotatable bonds is 5. The van der Waals surface area contributed by atoms with Gasteiger partial charge in [0.2, 0.25) is 0 Å². The largest absolute Gasteiger partial charge is 0.0917 e. The van der Waals surface area contributed by atoms with Crippen molar-refractivity contribution < 1.29 is 0 Å². The second kappa shape index (κ2) is 6.94. The van der Waals surface area contributed by atoms with Crippen molar-refractivity contribution in [1.82, 2.24) is 0 Å². The van der Waals surface area contributed by atoms with E-state index in [4.69, 9.17) is 0 Å². The molecule has 0 saturated carbocycles. The molecule has 0 bridgehead atoms. The van der Waals surface area contributed by atoms with Gasteiger partial charge in [-0.2, -0.15) is 0 Å². The molecular weight excluding hydrogens is 228 g/mol. The van der Waals surface area contributed by atoms with Crippen LogP contribution in [0, 0.1) is 0 Å². The maximum Gasteiger partial charge on any atom is -0.0184 e. The topological polar surface area (TPSA) is 0 Å². The third kappa shape index (κ3) is 3.82. The number of benzene rings is 2. The van der Waals surface area contributed by atoms with Crippen molar-refractivity contribution >= 4 is 0 Å². The molecule has 0 aromatic heterocycles. The zero-order chi connectivity index (χ0) is 13.5. The van der Waals surface area contributed by atoms with E-state index in [-0.39, 0.29) is 0 Å². The van der Waals surface area contributed by atoms with Crippen LogP contribution in [-0.4, -0.2) is 0 Å². The van der Waals surface area contributed by atoms with E-state index in [1.807, 2.05) is 0 Å². The van der Waals surface area contributed by atoms with E-state index < -0.39 is 0 Å². The Morgan fingerprint density at radius 2 is 1.32 bits per heavy atom. The molecule has 19 heavy (non-hydrogen) atoms. The Kier molecular flexibility index (Phi) is 4.97. The number of allylic oxidation sites excluding steroid dienone is 2. The molecule has 0 nitrogen and oxygen atoms in total. The summed E-state index contributed by atoms with van der Waals surface area (Å²) in [5.41, 5.74) is 5.41. The van der Waals surface area contributed by atoms with Gasteiger partial charge in [-0.1, -0.05) is 67.6 Å². The van der Waals surface area contributed by atoms with E-state index in [2.05, 4.69) is 74.5 Å². The molecule has 98 valence electrons. The molecule has 0 unspecified atom stereocenters. The second-order valence-corrected chi connectivity index (χ2v) is 4.86. The monoisotopic (exact) mass is 250 g/mol. The van der Waals surface area contributed by atoms with E-state index in [0.29, 0.717) is 0 Å². The van der Waals surface area contributed by atoms with Gasteiger partial charge in [0, 0.05) is 0 Å². The highest BCUT2D eigenvalue weighted by Crippen LogP contribution is 2.21. The molecule has 0 heterocycles. The molecule has 0 spiro atoms. The van der Waals surface area contributed by atoms with Gasteiger partial charge in [0.15, 0.2) is 0 Å². The van der Waals surface area contributed by atoms with Gasteiger partial charge in [0.1, 0.15) is 0 Å². The molecule has 0 aliphatic heterocycles. The predicted octanol–water partition coefficient (Wildman–Crippen LogP) is 5.42. The first kappa shape index (κ1) is 13.6. The smallest absolute Gasteiger partial charge is 0.0184 e. The normalized spacial score (nSPS) is 11.1. The number of aryl methyl sites for hydroxylation is 2. The van der Waals surface area contributed by atoms with E-state index in [1.165, 1.54) is 22.3 Å². The first-order valence-corrected chi connectivity index (χ1v) is 7.13. The molecule has 0 radical (unpaired) electrons. The Labute approximate surface area is 116 Å². The predicted molar refractivity (Wildman–Crippen MR) is 84.4 cm³/mol. The third-order valence-corrected chi connectivity index (χ3v) is 3.48. The Bertz CT molecular complexity index is 515. The Morgan fingerprint density at radius 3 is 1.79 bits per heavy atom. The summed E-state index contributed by atoms with van der Waals surface area (Å²) in [6.45, 7) is 4.26. The zero-order valence-electron chi connectivity index (χ0n) is 11.9. The molecule has 2 aromatic carbocycles. The van der Waals surface area contributed by atoms with Crippen LogP contribution in [0.15, 0.2) is 60.7 Å². The van der Waals surface area contributed by atoms with E-state index >= 15 is 0 Å². The average molecular weight is 250 g/mol. The maximum absolute atomic E-state index is 2.24. The van der Waals surface area contributed by atoms with E-state index in [1.54, 1.807) is 0 Å². The molecule has 0 aliphatic rings. The maximum atomic E-state index is 2.24. The highest BCUT2D eigenvalue weighted by molar-refractivity contribution is 5.63. The quantitative estimate of drug-likeness (QED) is 0.621. The lowest BCUT2D eigenvalue weighted by atomic mass is 10.0. The fourth-order valence-electron chi connectivity index (χ4n) is 2.21. The van der Waals surface area contributed by atoms with Crippen LogP contribution in [-0.2, 0) is 12.8 Å². The molecular formula is C19H22. The van der Waals surface area contributed by atoms with Crippen molar-refractivity contribution in [2.45, 2.75) is 33.1 Å². The molecule has 0 heteroatoms. The highest BCUT2D eigenvalue weighted by atomic mass is 14.0. The summed E-state index contributed by atoms with van der Waals surface area (Å²) < 4.78 is 0. The van der Waals surface area contributed by atoms with Crippen LogP contribution in [0.5, 0.6) is 0 Å². The van der Waals surface area contributed by atoms with Crippen molar-refractivity contribution in [2.75, 3.05) is 0 Å². The summed E-state index contributed by atoms with van der Waals surface area (Å²) in [6, 6.07) is 17.8. The molecule has 0 saturated heterocycles. The first-order chi connectivity index (χ1) is 9.33. The van der Waals surface area contributed by atoms with Crippen molar-refractivity contribution in [3.63, 3.8) is 0 Å². The van der Waals surface area contributed by atoms with Crippen LogP contribution in [0.3, 0.4) is 0 Å². The lowest BCUT2D eigenvalue weighted by molar-refractivity contribution is 1.000. The van der Waals surface area contributed by atoms with Gasteiger partial charge in [-0.05, 0) is 48.4 Å². The summed E-state index contributed by atoms with van der Waals surface area (Å²) in [5.74, 6) is 0. The summed E-state index contributed by atoms with van der Waals surface area (Å²) in [7, 11) is 0. The molecule has 0 amide bonds. The van der Waals surface area contributed by atoms with E-state index in [9.17, 15) is 0 Å². The standard InChI is InChI=1S/C19H22/c1-3-5-6-7-17-10-14-19(15-11-17)18-12-8-16(4-2)9-13-18/h3,5,8-15H,4,6-7H2,1-2H3. The van der Waals surface area contributed by atoms with E-state index in [0.717, 1.165) is 19.3 Å². The Balaban J connectivity index is 2.08. The molecule has 0 N–H and O–H groups in total. The van der Waals surface area contributed by atoms with Crippen LogP contribution in [0.25, 0.3) is 11.1 Å². The fraction of sp³-hybridized carbons (Fsp3) is 0.263. The molecule has 0 atom stereocenters. The third-order valence-electron chi connectivity index (χ3n) is 3.48. The summed E-state index contributed by atoms with van der Waals surface area (Å²) in [4.78, 5) is 0. The minimum atomic E-state index is 1.10. The first-order valence-electron chi connectivity index (χ1n) is 7.13. The van der Waals surface area contributed by atoms with Gasteiger partial charge in [-0.25, -0.2) is 0 Å². The Morgan fingerprint density at radius 1 is 0.789 bits per heavy atom. The van der Waals surface area contributed by atoms with Crippen LogP contribution < -0.4 is 0 Å². The van der Waals surface area contributed by atoms with Crippen LogP contribution in [0.2, 0.25) is 0 Å². The highest BCUT2D eigenvalue weighted by Gasteiger charge is 1.98. The number of hydrogen-bond donors (Lipinski definition) is 0. The van der Waals surface area contributed by atoms with Crippen LogP contribution in [0.4, 0.5) is 0 Å². The summed E-state index contributed by atoms with van der Waals surface area (Å²) in [5, 5.41) is 0. The molecule has 0 aliphatic carbocycles. The Hall–Kier alpha value is -1.82. The van der Waals surface area contributed by atoms with Crippen molar-refractivity contribution in [3.8, 4) is 11.1 Å². The molecule has 2 aromatic rings. The SMILES string of the molecule is CC=CCCc1ccc(-c2ccc(CC)cc2)cc1. The minimum Gasteiger partial charge on any atom is -0.0917 e. The lowest BCUT2D eigenvalue weighted by Crippen LogP contribution is -1.85. The van der Waals surface area contributed by atoms with Crippen molar-refractivity contribution in [1.29, 1.82) is 0 Å². The van der Waals surface area contributed by atoms with Gasteiger partial charge >= 0.3 is 0 Å². The van der Waals surface area contributed by atoms with Gasteiger partial charge in [0.05, 0.1) is 0 Å². The van der Waals surface area contributed by atoms with Crippen LogP contribution in [0.1, 0.15) is 31.4 Å². The molecule has 0 fully saturated rings.